The predicted octanol–water partition coefficient (Wildman–Crippen LogP) is 1.85. The molecule has 0 spiro atoms. The largest absolute Gasteiger partial charge is 0.378 e. The number of carbonyl (C=O) groups excluding carboxylic acids is 2. The van der Waals surface area contributed by atoms with E-state index in [4.69, 9.17) is 4.74 Å². The van der Waals surface area contributed by atoms with Gasteiger partial charge in [-0.3, -0.25) is 9.59 Å². The Kier molecular flexibility index (Phi) is 5.14. The van der Waals surface area contributed by atoms with Crippen molar-refractivity contribution in [1.29, 1.82) is 0 Å². The molecule has 0 saturated carbocycles. The zero-order valence-electron chi connectivity index (χ0n) is 14.0. The molecule has 1 aromatic carbocycles. The molecule has 2 heterocycles. The number of piperidine rings is 1. The number of halogens is 1. The second kappa shape index (κ2) is 7.30. The lowest BCUT2D eigenvalue weighted by molar-refractivity contribution is -0.141. The van der Waals surface area contributed by atoms with Crippen LogP contribution in [0.5, 0.6) is 0 Å². The molecular weight excluding hydrogens is 311 g/mol. The number of aryl methyl sites for hydroxylation is 1. The molecule has 0 radical (unpaired) electrons. The highest BCUT2D eigenvalue weighted by Gasteiger charge is 2.32. The van der Waals surface area contributed by atoms with E-state index < -0.39 is 0 Å². The van der Waals surface area contributed by atoms with Gasteiger partial charge in [0.1, 0.15) is 5.82 Å². The zero-order valence-corrected chi connectivity index (χ0v) is 14.0. The number of ether oxygens (including phenoxy) is 1. The van der Waals surface area contributed by atoms with Gasteiger partial charge in [0, 0.05) is 31.7 Å². The monoisotopic (exact) mass is 334 g/mol. The molecule has 0 N–H and O–H groups in total. The number of nitrogens with zero attached hydrogens (tertiary/aromatic N) is 2. The lowest BCUT2D eigenvalue weighted by Crippen LogP contribution is -2.49. The van der Waals surface area contributed by atoms with Gasteiger partial charge >= 0.3 is 0 Å². The van der Waals surface area contributed by atoms with Gasteiger partial charge < -0.3 is 14.5 Å². The number of amides is 2. The first-order valence-electron chi connectivity index (χ1n) is 8.48. The van der Waals surface area contributed by atoms with Gasteiger partial charge in [-0.2, -0.15) is 0 Å². The molecule has 1 unspecified atom stereocenters. The second-order valence-corrected chi connectivity index (χ2v) is 6.49. The Hall–Kier alpha value is -1.95. The number of hydrogen-bond acceptors (Lipinski definition) is 3. The zero-order chi connectivity index (χ0) is 17.1. The minimum absolute atomic E-state index is 0.103. The van der Waals surface area contributed by atoms with E-state index in [9.17, 15) is 14.0 Å². The Balaban J connectivity index is 1.67. The first-order chi connectivity index (χ1) is 11.6. The third kappa shape index (κ3) is 3.59. The summed E-state index contributed by atoms with van der Waals surface area (Å²) >= 11 is 0. The van der Waals surface area contributed by atoms with Crippen molar-refractivity contribution in [2.24, 2.45) is 5.92 Å². The fourth-order valence-electron chi connectivity index (χ4n) is 3.31. The SMILES string of the molecule is Cc1ccc(C(=O)N2CCCC(C(=O)N3CCOCC3)C2)cc1F. The number of rotatable bonds is 2. The van der Waals surface area contributed by atoms with Crippen LogP contribution in [0.4, 0.5) is 4.39 Å². The number of carbonyl (C=O) groups is 2. The van der Waals surface area contributed by atoms with Gasteiger partial charge in [0.05, 0.1) is 19.1 Å². The smallest absolute Gasteiger partial charge is 0.253 e. The van der Waals surface area contributed by atoms with Gasteiger partial charge in [-0.15, -0.1) is 0 Å². The maximum Gasteiger partial charge on any atom is 0.253 e. The van der Waals surface area contributed by atoms with E-state index in [-0.39, 0.29) is 23.5 Å². The van der Waals surface area contributed by atoms with Crippen molar-refractivity contribution in [3.05, 3.63) is 35.1 Å². The third-order valence-electron chi connectivity index (χ3n) is 4.80. The topological polar surface area (TPSA) is 49.9 Å². The Labute approximate surface area is 141 Å². The van der Waals surface area contributed by atoms with Crippen LogP contribution in [0.2, 0.25) is 0 Å². The number of benzene rings is 1. The van der Waals surface area contributed by atoms with E-state index in [0.717, 1.165) is 12.8 Å². The van der Waals surface area contributed by atoms with Gasteiger partial charge in [-0.1, -0.05) is 6.07 Å². The van der Waals surface area contributed by atoms with E-state index in [1.54, 1.807) is 24.0 Å². The Bertz CT molecular complexity index is 629. The first-order valence-corrected chi connectivity index (χ1v) is 8.48. The van der Waals surface area contributed by atoms with Crippen LogP contribution < -0.4 is 0 Å². The number of hydrogen-bond donors (Lipinski definition) is 0. The molecule has 6 heteroatoms. The second-order valence-electron chi connectivity index (χ2n) is 6.49. The molecule has 2 aliphatic rings. The molecule has 2 aliphatic heterocycles. The molecule has 0 bridgehead atoms. The van der Waals surface area contributed by atoms with E-state index in [1.165, 1.54) is 6.07 Å². The fraction of sp³-hybridized carbons (Fsp3) is 0.556. The normalized spacial score (nSPS) is 21.7. The van der Waals surface area contributed by atoms with Gasteiger partial charge in [0.2, 0.25) is 5.91 Å². The molecule has 0 aromatic heterocycles. The van der Waals surface area contributed by atoms with Crippen LogP contribution in [0.15, 0.2) is 18.2 Å². The molecule has 2 saturated heterocycles. The lowest BCUT2D eigenvalue weighted by Gasteiger charge is -2.36. The van der Waals surface area contributed by atoms with Crippen LogP contribution >= 0.6 is 0 Å². The summed E-state index contributed by atoms with van der Waals surface area (Å²) in [5, 5.41) is 0. The van der Waals surface area contributed by atoms with Crippen LogP contribution in [0.3, 0.4) is 0 Å². The Morgan fingerprint density at radius 1 is 1.17 bits per heavy atom. The molecule has 5 nitrogen and oxygen atoms in total. The maximum absolute atomic E-state index is 13.7. The van der Waals surface area contributed by atoms with Crippen molar-refractivity contribution in [2.45, 2.75) is 19.8 Å². The maximum atomic E-state index is 13.7. The summed E-state index contributed by atoms with van der Waals surface area (Å²) in [5.41, 5.74) is 0.864. The van der Waals surface area contributed by atoms with E-state index >= 15 is 0 Å². The van der Waals surface area contributed by atoms with Crippen LogP contribution in [0.25, 0.3) is 0 Å². The fourth-order valence-corrected chi connectivity index (χ4v) is 3.31. The van der Waals surface area contributed by atoms with Crippen LogP contribution in [-0.2, 0) is 9.53 Å². The average Bonchev–Trinajstić information content (AvgIpc) is 2.63. The molecule has 130 valence electrons. The number of morpholine rings is 1. The Morgan fingerprint density at radius 3 is 2.62 bits per heavy atom. The molecule has 2 amide bonds. The summed E-state index contributed by atoms with van der Waals surface area (Å²) in [5.74, 6) is -0.644. The van der Waals surface area contributed by atoms with Crippen molar-refractivity contribution >= 4 is 11.8 Å². The standard InChI is InChI=1S/C18H23FN2O3/c1-13-4-5-14(11-16(13)19)17(22)21-6-2-3-15(12-21)18(23)20-7-9-24-10-8-20/h4-5,11,15H,2-3,6-10,12H2,1H3. The number of likely N-dealkylation sites (tertiary alicyclic amines) is 1. The molecule has 2 fully saturated rings. The molecule has 1 atom stereocenters. The molecule has 24 heavy (non-hydrogen) atoms. The van der Waals surface area contributed by atoms with Gasteiger partial charge in [-0.25, -0.2) is 4.39 Å². The molecular formula is C18H23FN2O3. The summed E-state index contributed by atoms with van der Waals surface area (Å²) in [6.07, 6.45) is 1.59. The van der Waals surface area contributed by atoms with E-state index in [0.29, 0.717) is 50.5 Å². The summed E-state index contributed by atoms with van der Waals surface area (Å²) in [6, 6.07) is 4.54. The first kappa shape index (κ1) is 16.9. The van der Waals surface area contributed by atoms with Crippen LogP contribution in [0, 0.1) is 18.7 Å². The Morgan fingerprint density at radius 2 is 1.92 bits per heavy atom. The van der Waals surface area contributed by atoms with E-state index in [1.807, 2.05) is 4.90 Å². The summed E-state index contributed by atoms with van der Waals surface area (Å²) < 4.78 is 19.0. The molecule has 3 rings (SSSR count). The highest BCUT2D eigenvalue weighted by atomic mass is 19.1. The van der Waals surface area contributed by atoms with Crippen molar-refractivity contribution < 1.29 is 18.7 Å². The quantitative estimate of drug-likeness (QED) is 0.829. The van der Waals surface area contributed by atoms with Crippen molar-refractivity contribution in [2.75, 3.05) is 39.4 Å². The highest BCUT2D eigenvalue weighted by molar-refractivity contribution is 5.94. The summed E-state index contributed by atoms with van der Waals surface area (Å²) in [7, 11) is 0. The van der Waals surface area contributed by atoms with Gasteiger partial charge in [0.25, 0.3) is 5.91 Å². The van der Waals surface area contributed by atoms with E-state index in [2.05, 4.69) is 0 Å². The predicted molar refractivity (Wildman–Crippen MR) is 87.2 cm³/mol. The lowest BCUT2D eigenvalue weighted by atomic mass is 9.95. The van der Waals surface area contributed by atoms with Crippen molar-refractivity contribution in [3.8, 4) is 0 Å². The molecule has 1 aromatic rings. The molecule has 0 aliphatic carbocycles. The van der Waals surface area contributed by atoms with Gasteiger partial charge in [-0.05, 0) is 37.5 Å². The average molecular weight is 334 g/mol. The van der Waals surface area contributed by atoms with Crippen molar-refractivity contribution in [1.82, 2.24) is 9.80 Å². The highest BCUT2D eigenvalue weighted by Crippen LogP contribution is 2.22. The third-order valence-corrected chi connectivity index (χ3v) is 4.80. The van der Waals surface area contributed by atoms with Crippen molar-refractivity contribution in [3.63, 3.8) is 0 Å². The van der Waals surface area contributed by atoms with Gasteiger partial charge in [0.15, 0.2) is 0 Å². The minimum Gasteiger partial charge on any atom is -0.378 e. The summed E-state index contributed by atoms with van der Waals surface area (Å²) in [6.45, 7) is 5.07. The minimum atomic E-state index is -0.376. The van der Waals surface area contributed by atoms with Crippen LogP contribution in [0.1, 0.15) is 28.8 Å². The summed E-state index contributed by atoms with van der Waals surface area (Å²) in [4.78, 5) is 28.8. The van der Waals surface area contributed by atoms with Crippen LogP contribution in [-0.4, -0.2) is 61.0 Å².